The van der Waals surface area contributed by atoms with Crippen LogP contribution in [0.1, 0.15) is 0 Å². The normalized spacial score (nSPS) is 15.9. The van der Waals surface area contributed by atoms with Crippen molar-refractivity contribution in [3.8, 4) is 0 Å². The van der Waals surface area contributed by atoms with Gasteiger partial charge in [0.25, 0.3) is 0 Å². The van der Waals surface area contributed by atoms with E-state index in [0.29, 0.717) is 6.41 Å². The average molecular weight is 263 g/mol. The van der Waals surface area contributed by atoms with E-state index < -0.39 is 0 Å². The molecule has 94 valence electrons. The quantitative estimate of drug-likeness (QED) is 0.856. The average Bonchev–Trinajstić information content (AvgIpc) is 2.83. The second kappa shape index (κ2) is 4.91. The van der Waals surface area contributed by atoms with Crippen LogP contribution in [0.2, 0.25) is 0 Å². The number of benzene rings is 1. The van der Waals surface area contributed by atoms with Gasteiger partial charge < -0.3 is 15.0 Å². The van der Waals surface area contributed by atoms with E-state index in [1.807, 2.05) is 18.2 Å². The summed E-state index contributed by atoms with van der Waals surface area (Å²) in [5, 5.41) is 3.68. The summed E-state index contributed by atoms with van der Waals surface area (Å²) in [6, 6.07) is 5.74. The topological polar surface area (TPSA) is 54.5 Å². The van der Waals surface area contributed by atoms with Crippen LogP contribution in [0.15, 0.2) is 18.2 Å². The third-order valence-corrected chi connectivity index (χ3v) is 3.96. The number of nitrogens with one attached hydrogen (secondary N) is 1. The number of ether oxygens (including phenoxy) is 1. The lowest BCUT2D eigenvalue weighted by atomic mass is 10.3. The fraction of sp³-hybridized carbons (Fsp3) is 0.333. The molecule has 1 aliphatic rings. The van der Waals surface area contributed by atoms with Crippen LogP contribution in [0.3, 0.4) is 0 Å². The predicted molar refractivity (Wildman–Crippen MR) is 72.3 cm³/mol. The van der Waals surface area contributed by atoms with Gasteiger partial charge in [-0.3, -0.25) is 4.79 Å². The molecule has 0 spiro atoms. The third kappa shape index (κ3) is 2.16. The highest BCUT2D eigenvalue weighted by Crippen LogP contribution is 2.30. The minimum atomic E-state index is 0.686. The Hall–Kier alpha value is -1.66. The standard InChI is InChI=1S/C12H13N3O2S/c16-8-13-9-1-2-10-11(7-9)18-12(14-10)15-3-5-17-6-4-15/h1-2,7-8H,3-6H2,(H,13,16). The predicted octanol–water partition coefficient (Wildman–Crippen LogP) is 1.70. The molecule has 2 aromatic rings. The third-order valence-electron chi connectivity index (χ3n) is 2.88. The lowest BCUT2D eigenvalue weighted by Gasteiger charge is -2.25. The summed E-state index contributed by atoms with van der Waals surface area (Å²) < 4.78 is 6.42. The molecule has 3 rings (SSSR count). The van der Waals surface area contributed by atoms with Crippen molar-refractivity contribution in [2.45, 2.75) is 0 Å². The van der Waals surface area contributed by atoms with E-state index in [9.17, 15) is 4.79 Å². The van der Waals surface area contributed by atoms with E-state index in [-0.39, 0.29) is 0 Å². The SMILES string of the molecule is O=CNc1ccc2nc(N3CCOCC3)sc2c1. The summed E-state index contributed by atoms with van der Waals surface area (Å²) in [5.41, 5.74) is 1.77. The fourth-order valence-corrected chi connectivity index (χ4v) is 3.02. The van der Waals surface area contributed by atoms with Crippen molar-refractivity contribution in [3.05, 3.63) is 18.2 Å². The van der Waals surface area contributed by atoms with E-state index >= 15 is 0 Å². The Labute approximate surface area is 108 Å². The first kappa shape index (κ1) is 11.4. The van der Waals surface area contributed by atoms with E-state index in [2.05, 4.69) is 15.2 Å². The first-order chi connectivity index (χ1) is 8.86. The van der Waals surface area contributed by atoms with Crippen molar-refractivity contribution < 1.29 is 9.53 Å². The summed E-state index contributed by atoms with van der Waals surface area (Å²) in [4.78, 5) is 17.3. The van der Waals surface area contributed by atoms with Crippen LogP contribution in [-0.4, -0.2) is 37.7 Å². The Morgan fingerprint density at radius 3 is 3.00 bits per heavy atom. The molecule has 0 unspecified atom stereocenters. The number of anilines is 2. The molecule has 1 N–H and O–H groups in total. The van der Waals surface area contributed by atoms with Gasteiger partial charge in [0.1, 0.15) is 0 Å². The highest BCUT2D eigenvalue weighted by Gasteiger charge is 2.15. The Morgan fingerprint density at radius 1 is 1.39 bits per heavy atom. The lowest BCUT2D eigenvalue weighted by Crippen LogP contribution is -2.36. The van der Waals surface area contributed by atoms with Gasteiger partial charge in [-0.25, -0.2) is 4.98 Å². The summed E-state index contributed by atoms with van der Waals surface area (Å²) in [6.07, 6.45) is 0.686. The molecule has 0 aliphatic carbocycles. The Morgan fingerprint density at radius 2 is 2.22 bits per heavy atom. The molecule has 2 heterocycles. The van der Waals surface area contributed by atoms with Gasteiger partial charge in [-0.1, -0.05) is 11.3 Å². The van der Waals surface area contributed by atoms with Gasteiger partial charge in [0, 0.05) is 18.8 Å². The van der Waals surface area contributed by atoms with Crippen LogP contribution in [0.5, 0.6) is 0 Å². The molecule has 0 radical (unpaired) electrons. The van der Waals surface area contributed by atoms with Crippen LogP contribution in [0, 0.1) is 0 Å². The van der Waals surface area contributed by atoms with Gasteiger partial charge in [0.2, 0.25) is 6.41 Å². The molecule has 1 fully saturated rings. The van der Waals surface area contributed by atoms with Crippen molar-refractivity contribution in [2.24, 2.45) is 0 Å². The minimum Gasteiger partial charge on any atom is -0.378 e. The summed E-state index contributed by atoms with van der Waals surface area (Å²) in [5.74, 6) is 0. The number of amides is 1. The number of rotatable bonds is 3. The van der Waals surface area contributed by atoms with E-state index in [1.165, 1.54) is 0 Å². The zero-order chi connectivity index (χ0) is 12.4. The molecule has 0 atom stereocenters. The molecular formula is C12H13N3O2S. The second-order valence-corrected chi connectivity index (χ2v) is 5.05. The van der Waals surface area contributed by atoms with Crippen LogP contribution in [0.25, 0.3) is 10.2 Å². The summed E-state index contributed by atoms with van der Waals surface area (Å²) in [6.45, 7) is 3.29. The van der Waals surface area contributed by atoms with Gasteiger partial charge >= 0.3 is 0 Å². The molecule has 1 amide bonds. The van der Waals surface area contributed by atoms with Gasteiger partial charge in [-0.2, -0.15) is 0 Å². The zero-order valence-electron chi connectivity index (χ0n) is 9.76. The van der Waals surface area contributed by atoms with Crippen molar-refractivity contribution in [3.63, 3.8) is 0 Å². The van der Waals surface area contributed by atoms with E-state index in [4.69, 9.17) is 4.74 Å². The molecule has 0 saturated carbocycles. The first-order valence-corrected chi connectivity index (χ1v) is 6.62. The smallest absolute Gasteiger partial charge is 0.211 e. The monoisotopic (exact) mass is 263 g/mol. The van der Waals surface area contributed by atoms with Gasteiger partial charge in [0.05, 0.1) is 23.4 Å². The molecule has 5 nitrogen and oxygen atoms in total. The minimum absolute atomic E-state index is 0.686. The number of carbonyl (C=O) groups excluding carboxylic acids is 1. The van der Waals surface area contributed by atoms with Crippen molar-refractivity contribution >= 4 is 38.8 Å². The molecule has 1 aromatic carbocycles. The molecule has 6 heteroatoms. The molecule has 0 bridgehead atoms. The number of hydrogen-bond acceptors (Lipinski definition) is 5. The summed E-state index contributed by atoms with van der Waals surface area (Å²) in [7, 11) is 0. The van der Waals surface area contributed by atoms with Crippen LogP contribution >= 0.6 is 11.3 Å². The lowest BCUT2D eigenvalue weighted by molar-refractivity contribution is -0.105. The largest absolute Gasteiger partial charge is 0.378 e. The second-order valence-electron chi connectivity index (χ2n) is 4.04. The van der Waals surface area contributed by atoms with E-state index in [0.717, 1.165) is 47.3 Å². The van der Waals surface area contributed by atoms with Crippen molar-refractivity contribution in [1.29, 1.82) is 0 Å². The van der Waals surface area contributed by atoms with E-state index in [1.54, 1.807) is 11.3 Å². The number of fused-ring (bicyclic) bond motifs is 1. The maximum atomic E-state index is 10.4. The van der Waals surface area contributed by atoms with Gasteiger partial charge in [-0.15, -0.1) is 0 Å². The Kier molecular flexibility index (Phi) is 3.12. The van der Waals surface area contributed by atoms with Gasteiger partial charge in [0.15, 0.2) is 5.13 Å². The highest BCUT2D eigenvalue weighted by atomic mass is 32.1. The number of aromatic nitrogens is 1. The Balaban J connectivity index is 1.92. The summed E-state index contributed by atoms with van der Waals surface area (Å²) >= 11 is 1.65. The molecule has 1 aliphatic heterocycles. The molecule has 1 aromatic heterocycles. The number of nitrogens with zero attached hydrogens (tertiary/aromatic N) is 2. The van der Waals surface area contributed by atoms with Crippen LogP contribution < -0.4 is 10.2 Å². The van der Waals surface area contributed by atoms with Gasteiger partial charge in [-0.05, 0) is 18.2 Å². The first-order valence-electron chi connectivity index (χ1n) is 5.80. The molecule has 18 heavy (non-hydrogen) atoms. The van der Waals surface area contributed by atoms with Crippen LogP contribution in [0.4, 0.5) is 10.8 Å². The van der Waals surface area contributed by atoms with Crippen LogP contribution in [-0.2, 0) is 9.53 Å². The fourth-order valence-electron chi connectivity index (χ4n) is 1.96. The number of carbonyl (C=O) groups is 1. The number of hydrogen-bond donors (Lipinski definition) is 1. The molecule has 1 saturated heterocycles. The highest BCUT2D eigenvalue weighted by molar-refractivity contribution is 7.22. The number of morpholine rings is 1. The maximum absolute atomic E-state index is 10.4. The van der Waals surface area contributed by atoms with Crippen molar-refractivity contribution in [2.75, 3.05) is 36.5 Å². The maximum Gasteiger partial charge on any atom is 0.211 e. The number of thiazole rings is 1. The zero-order valence-corrected chi connectivity index (χ0v) is 10.6. The van der Waals surface area contributed by atoms with Crippen molar-refractivity contribution in [1.82, 2.24) is 4.98 Å². The molecular weight excluding hydrogens is 250 g/mol. The Bertz CT molecular complexity index is 563.